The first-order valence-electron chi connectivity index (χ1n) is 7.83. The molecule has 0 aliphatic rings. The van der Waals surface area contributed by atoms with Crippen molar-refractivity contribution in [3.63, 3.8) is 0 Å². The van der Waals surface area contributed by atoms with Crippen molar-refractivity contribution in [1.82, 2.24) is 9.97 Å². The van der Waals surface area contributed by atoms with Crippen LogP contribution in [0.5, 0.6) is 0 Å². The van der Waals surface area contributed by atoms with E-state index in [9.17, 15) is 4.79 Å². The van der Waals surface area contributed by atoms with E-state index in [1.807, 2.05) is 54.6 Å². The van der Waals surface area contributed by atoms with E-state index < -0.39 is 0 Å². The van der Waals surface area contributed by atoms with Crippen LogP contribution in [-0.2, 0) is 17.8 Å². The number of halogens is 1. The summed E-state index contributed by atoms with van der Waals surface area (Å²) in [5, 5.41) is 6.05. The van der Waals surface area contributed by atoms with Gasteiger partial charge >= 0.3 is 0 Å². The van der Waals surface area contributed by atoms with Gasteiger partial charge in [0.2, 0.25) is 5.91 Å². The van der Waals surface area contributed by atoms with Gasteiger partial charge in [-0.05, 0) is 42.0 Å². The van der Waals surface area contributed by atoms with Gasteiger partial charge in [-0.2, -0.15) is 0 Å². The largest absolute Gasteiger partial charge is 0.364 e. The molecule has 6 heteroatoms. The maximum absolute atomic E-state index is 12.1. The van der Waals surface area contributed by atoms with E-state index in [1.165, 1.54) is 0 Å². The third-order valence-electron chi connectivity index (χ3n) is 3.48. The fourth-order valence-corrected chi connectivity index (χ4v) is 2.74. The lowest BCUT2D eigenvalue weighted by Gasteiger charge is -2.08. The number of amides is 1. The van der Waals surface area contributed by atoms with Gasteiger partial charge < -0.3 is 10.6 Å². The Labute approximate surface area is 154 Å². The quantitative estimate of drug-likeness (QED) is 0.659. The summed E-state index contributed by atoms with van der Waals surface area (Å²) in [5.74, 6) is 0.657. The molecule has 0 atom stereocenters. The minimum Gasteiger partial charge on any atom is -0.364 e. The molecule has 5 nitrogen and oxygen atoms in total. The molecule has 126 valence electrons. The summed E-state index contributed by atoms with van der Waals surface area (Å²) in [6, 6.07) is 17.1. The van der Waals surface area contributed by atoms with Crippen LogP contribution < -0.4 is 10.6 Å². The number of carbonyl (C=O) groups excluding carboxylic acids is 1. The first-order valence-corrected chi connectivity index (χ1v) is 8.62. The van der Waals surface area contributed by atoms with E-state index in [4.69, 9.17) is 0 Å². The van der Waals surface area contributed by atoms with E-state index >= 15 is 0 Å². The molecule has 0 saturated carbocycles. The fourth-order valence-electron chi connectivity index (χ4n) is 2.29. The average Bonchev–Trinajstić information content (AvgIpc) is 2.62. The Morgan fingerprint density at radius 1 is 1.04 bits per heavy atom. The van der Waals surface area contributed by atoms with E-state index in [1.54, 1.807) is 12.4 Å². The Balaban J connectivity index is 1.52. The molecule has 0 aliphatic carbocycles. The van der Waals surface area contributed by atoms with Crippen LogP contribution >= 0.6 is 15.9 Å². The number of pyridine rings is 2. The summed E-state index contributed by atoms with van der Waals surface area (Å²) in [7, 11) is 0. The van der Waals surface area contributed by atoms with E-state index in [-0.39, 0.29) is 5.91 Å². The molecule has 1 aromatic carbocycles. The molecule has 2 heterocycles. The highest BCUT2D eigenvalue weighted by Crippen LogP contribution is 2.14. The van der Waals surface area contributed by atoms with Gasteiger partial charge in [-0.15, -0.1) is 0 Å². The Hall–Kier alpha value is -2.73. The van der Waals surface area contributed by atoms with Gasteiger partial charge in [0.25, 0.3) is 0 Å². The molecule has 0 radical (unpaired) electrons. The zero-order valence-corrected chi connectivity index (χ0v) is 15.0. The minimum atomic E-state index is -0.0749. The first-order chi connectivity index (χ1) is 12.2. The van der Waals surface area contributed by atoms with Crippen LogP contribution in [0.1, 0.15) is 11.3 Å². The Bertz CT molecular complexity index is 838. The van der Waals surface area contributed by atoms with Gasteiger partial charge in [0, 0.05) is 10.7 Å². The SMILES string of the molecule is O=C(Cc1cccc(Br)c1)Nc1ccc(NCc2ccccn2)nc1. The molecule has 1 amide bonds. The van der Waals surface area contributed by atoms with Crippen LogP contribution in [0.25, 0.3) is 0 Å². The number of hydrogen-bond donors (Lipinski definition) is 2. The van der Waals surface area contributed by atoms with Crippen LogP contribution in [0.3, 0.4) is 0 Å². The molecule has 3 rings (SSSR count). The molecule has 3 aromatic rings. The lowest BCUT2D eigenvalue weighted by molar-refractivity contribution is -0.115. The van der Waals surface area contributed by atoms with E-state index in [2.05, 4.69) is 36.5 Å². The number of carbonyl (C=O) groups is 1. The van der Waals surface area contributed by atoms with Gasteiger partial charge in [-0.25, -0.2) is 4.98 Å². The summed E-state index contributed by atoms with van der Waals surface area (Å²) in [5.41, 5.74) is 2.56. The zero-order chi connectivity index (χ0) is 17.5. The smallest absolute Gasteiger partial charge is 0.228 e. The predicted molar refractivity (Wildman–Crippen MR) is 102 cm³/mol. The number of anilines is 2. The van der Waals surface area contributed by atoms with E-state index in [0.29, 0.717) is 18.7 Å². The fraction of sp³-hybridized carbons (Fsp3) is 0.105. The second kappa shape index (κ2) is 8.39. The highest BCUT2D eigenvalue weighted by molar-refractivity contribution is 9.10. The monoisotopic (exact) mass is 396 g/mol. The second-order valence-corrected chi connectivity index (χ2v) is 6.38. The van der Waals surface area contributed by atoms with Crippen LogP contribution in [0.4, 0.5) is 11.5 Å². The predicted octanol–water partition coefficient (Wildman–Crippen LogP) is 4.03. The van der Waals surface area contributed by atoms with Crippen LogP contribution in [0.15, 0.2) is 71.5 Å². The molecule has 0 spiro atoms. The average molecular weight is 397 g/mol. The van der Waals surface area contributed by atoms with Gasteiger partial charge in [0.15, 0.2) is 0 Å². The Kier molecular flexibility index (Phi) is 5.74. The summed E-state index contributed by atoms with van der Waals surface area (Å²) in [6.07, 6.45) is 3.72. The summed E-state index contributed by atoms with van der Waals surface area (Å²) in [4.78, 5) is 20.7. The minimum absolute atomic E-state index is 0.0749. The van der Waals surface area contributed by atoms with Crippen molar-refractivity contribution < 1.29 is 4.79 Å². The first kappa shape index (κ1) is 17.1. The molecule has 25 heavy (non-hydrogen) atoms. The standard InChI is InChI=1S/C19H17BrN4O/c20-15-5-3-4-14(10-15)11-19(25)24-17-7-8-18(23-13-17)22-12-16-6-1-2-9-21-16/h1-10,13H,11-12H2,(H,22,23)(H,24,25). The molecule has 2 aromatic heterocycles. The highest BCUT2D eigenvalue weighted by atomic mass is 79.9. The topological polar surface area (TPSA) is 66.9 Å². The van der Waals surface area contributed by atoms with Crippen LogP contribution in [0.2, 0.25) is 0 Å². The molecule has 0 unspecified atom stereocenters. The molecule has 0 bridgehead atoms. The number of hydrogen-bond acceptors (Lipinski definition) is 4. The third kappa shape index (κ3) is 5.39. The summed E-state index contributed by atoms with van der Waals surface area (Å²) in [6.45, 7) is 0.600. The van der Waals surface area contributed by atoms with Gasteiger partial charge in [-0.1, -0.05) is 34.1 Å². The maximum Gasteiger partial charge on any atom is 0.228 e. The van der Waals surface area contributed by atoms with Crippen molar-refractivity contribution in [3.8, 4) is 0 Å². The maximum atomic E-state index is 12.1. The normalized spacial score (nSPS) is 10.3. The van der Waals surface area contributed by atoms with Gasteiger partial charge in [0.05, 0.1) is 30.5 Å². The third-order valence-corrected chi connectivity index (χ3v) is 3.97. The van der Waals surface area contributed by atoms with Crippen molar-refractivity contribution in [3.05, 3.63) is 82.7 Å². The summed E-state index contributed by atoms with van der Waals surface area (Å²) >= 11 is 3.41. The lowest BCUT2D eigenvalue weighted by Crippen LogP contribution is -2.14. The van der Waals surface area contributed by atoms with Crippen molar-refractivity contribution in [2.24, 2.45) is 0 Å². The number of aromatic nitrogens is 2. The van der Waals surface area contributed by atoms with Gasteiger partial charge in [0.1, 0.15) is 5.82 Å². The number of rotatable bonds is 6. The molecular formula is C19H17BrN4O. The van der Waals surface area contributed by atoms with Crippen molar-refractivity contribution in [2.45, 2.75) is 13.0 Å². The Morgan fingerprint density at radius 3 is 2.68 bits per heavy atom. The molecule has 0 saturated heterocycles. The van der Waals surface area contributed by atoms with Crippen LogP contribution in [0, 0.1) is 0 Å². The van der Waals surface area contributed by atoms with E-state index in [0.717, 1.165) is 21.5 Å². The number of nitrogens with one attached hydrogen (secondary N) is 2. The lowest BCUT2D eigenvalue weighted by atomic mass is 10.1. The van der Waals surface area contributed by atoms with Crippen molar-refractivity contribution in [1.29, 1.82) is 0 Å². The van der Waals surface area contributed by atoms with Gasteiger partial charge in [-0.3, -0.25) is 9.78 Å². The summed E-state index contributed by atoms with van der Waals surface area (Å²) < 4.78 is 0.961. The highest BCUT2D eigenvalue weighted by Gasteiger charge is 2.05. The van der Waals surface area contributed by atoms with Crippen molar-refractivity contribution in [2.75, 3.05) is 10.6 Å². The number of nitrogens with zero attached hydrogens (tertiary/aromatic N) is 2. The zero-order valence-electron chi connectivity index (χ0n) is 13.4. The number of benzene rings is 1. The molecule has 0 aliphatic heterocycles. The Morgan fingerprint density at radius 2 is 1.96 bits per heavy atom. The van der Waals surface area contributed by atoms with Crippen LogP contribution in [-0.4, -0.2) is 15.9 Å². The molecular weight excluding hydrogens is 380 g/mol. The molecule has 2 N–H and O–H groups in total. The van der Waals surface area contributed by atoms with Crippen molar-refractivity contribution >= 4 is 33.3 Å². The second-order valence-electron chi connectivity index (χ2n) is 5.46. The molecule has 0 fully saturated rings.